The van der Waals surface area contributed by atoms with Crippen LogP contribution >= 0.6 is 0 Å². The van der Waals surface area contributed by atoms with Gasteiger partial charge in [-0.25, -0.2) is 9.97 Å². The molecule has 1 fully saturated rings. The number of para-hydroxylation sites is 2. The summed E-state index contributed by atoms with van der Waals surface area (Å²) in [5.41, 5.74) is 1.88. The van der Waals surface area contributed by atoms with E-state index in [4.69, 9.17) is 13.3 Å². The zero-order valence-electron chi connectivity index (χ0n) is 16.8. The fourth-order valence-corrected chi connectivity index (χ4v) is 3.73. The van der Waals surface area contributed by atoms with Crippen LogP contribution in [0.4, 0.5) is 0 Å². The Balaban J connectivity index is 1.36. The van der Waals surface area contributed by atoms with Crippen molar-refractivity contribution in [3.63, 3.8) is 0 Å². The molecule has 2 amide bonds. The summed E-state index contributed by atoms with van der Waals surface area (Å²) in [5, 5.41) is 2.82. The van der Waals surface area contributed by atoms with Crippen LogP contribution in [0, 0.1) is 6.92 Å². The molecule has 5 rings (SSSR count). The molecular formula is C22H20N4O5. The molecule has 0 saturated carbocycles. The molecule has 4 aromatic rings. The molecule has 0 bridgehead atoms. The number of hydrogen-bond acceptors (Lipinski definition) is 7. The highest BCUT2D eigenvalue weighted by Crippen LogP contribution is 2.23. The maximum absolute atomic E-state index is 13.1. The van der Waals surface area contributed by atoms with Gasteiger partial charge in [-0.3, -0.25) is 9.59 Å². The highest BCUT2D eigenvalue weighted by molar-refractivity contribution is 5.89. The minimum absolute atomic E-state index is 0.0212. The fraction of sp³-hybridized carbons (Fsp3) is 0.273. The summed E-state index contributed by atoms with van der Waals surface area (Å²) in [5.74, 6) is 1.33. The van der Waals surface area contributed by atoms with Crippen molar-refractivity contribution in [3.05, 3.63) is 60.0 Å². The third kappa shape index (κ3) is 3.70. The quantitative estimate of drug-likeness (QED) is 0.527. The van der Waals surface area contributed by atoms with Gasteiger partial charge in [0.1, 0.15) is 17.3 Å². The van der Waals surface area contributed by atoms with Crippen molar-refractivity contribution in [3.8, 4) is 11.7 Å². The first kappa shape index (κ1) is 19.1. The van der Waals surface area contributed by atoms with Crippen LogP contribution in [0.2, 0.25) is 0 Å². The lowest BCUT2D eigenvalue weighted by Crippen LogP contribution is -2.58. The lowest BCUT2D eigenvalue weighted by Gasteiger charge is -2.34. The van der Waals surface area contributed by atoms with E-state index in [1.165, 1.54) is 6.26 Å². The summed E-state index contributed by atoms with van der Waals surface area (Å²) in [4.78, 5) is 36.1. The zero-order chi connectivity index (χ0) is 21.4. The van der Waals surface area contributed by atoms with E-state index in [-0.39, 0.29) is 24.7 Å². The van der Waals surface area contributed by atoms with E-state index >= 15 is 0 Å². The van der Waals surface area contributed by atoms with Crippen LogP contribution in [0.15, 0.2) is 55.9 Å². The second-order valence-electron chi connectivity index (χ2n) is 7.35. The molecule has 0 radical (unpaired) electrons. The maximum atomic E-state index is 13.1. The fourth-order valence-electron chi connectivity index (χ4n) is 3.73. The third-order valence-corrected chi connectivity index (χ3v) is 5.30. The topological polar surface area (TPSA) is 115 Å². The molecule has 1 aliphatic heterocycles. The summed E-state index contributed by atoms with van der Waals surface area (Å²) in [6.45, 7) is 2.54. The van der Waals surface area contributed by atoms with Crippen LogP contribution in [0.1, 0.15) is 17.3 Å². The minimum atomic E-state index is -0.703. The maximum Gasteiger partial charge on any atom is 0.263 e. The average molecular weight is 420 g/mol. The first-order chi connectivity index (χ1) is 15.1. The second kappa shape index (κ2) is 7.75. The van der Waals surface area contributed by atoms with Crippen LogP contribution in [0.25, 0.3) is 22.8 Å². The van der Waals surface area contributed by atoms with Gasteiger partial charge < -0.3 is 23.5 Å². The number of aromatic nitrogens is 2. The number of nitrogens with one attached hydrogen (secondary N) is 1. The van der Waals surface area contributed by atoms with Gasteiger partial charge in [-0.2, -0.15) is 0 Å². The standard InChI is InChI=1S/C22H20N4O5/c1-13-15(25-22(30-13)18-7-4-10-29-18)11-20(27)26-9-8-23-21(28)16(26)12-19-24-14-5-2-3-6-17(14)31-19/h2-7,10,16H,8-9,11-12H2,1H3,(H,23,28). The monoisotopic (exact) mass is 420 g/mol. The molecule has 9 nitrogen and oxygen atoms in total. The van der Waals surface area contributed by atoms with Crippen LogP contribution < -0.4 is 5.32 Å². The molecule has 9 heteroatoms. The summed E-state index contributed by atoms with van der Waals surface area (Å²) >= 11 is 0. The Morgan fingerprint density at radius 3 is 2.87 bits per heavy atom. The molecule has 158 valence electrons. The number of carbonyl (C=O) groups is 2. The Hall–Kier alpha value is -3.88. The first-order valence-electron chi connectivity index (χ1n) is 10.0. The number of amides is 2. The van der Waals surface area contributed by atoms with E-state index < -0.39 is 6.04 Å². The SMILES string of the molecule is Cc1oc(-c2ccco2)nc1CC(=O)N1CCNC(=O)C1Cc1nc2ccccc2o1. The molecule has 1 N–H and O–H groups in total. The summed E-state index contributed by atoms with van der Waals surface area (Å²) in [6, 6.07) is 10.2. The van der Waals surface area contributed by atoms with Crippen LogP contribution in [-0.2, 0) is 22.4 Å². The van der Waals surface area contributed by atoms with Gasteiger partial charge in [-0.1, -0.05) is 12.1 Å². The Morgan fingerprint density at radius 1 is 1.19 bits per heavy atom. The van der Waals surface area contributed by atoms with Crippen LogP contribution in [-0.4, -0.2) is 45.8 Å². The average Bonchev–Trinajstić information content (AvgIpc) is 3.49. The molecule has 0 aliphatic carbocycles. The highest BCUT2D eigenvalue weighted by Gasteiger charge is 2.35. The first-order valence-corrected chi connectivity index (χ1v) is 10.0. The number of furan rings is 1. The van der Waals surface area contributed by atoms with Gasteiger partial charge in [0, 0.05) is 13.1 Å². The number of aryl methyl sites for hydroxylation is 1. The van der Waals surface area contributed by atoms with Gasteiger partial charge in [0.05, 0.1) is 24.8 Å². The number of benzene rings is 1. The van der Waals surface area contributed by atoms with Crippen molar-refractivity contribution in [1.29, 1.82) is 0 Å². The lowest BCUT2D eigenvalue weighted by atomic mass is 10.1. The molecule has 0 spiro atoms. The normalized spacial score (nSPS) is 16.6. The zero-order valence-corrected chi connectivity index (χ0v) is 16.8. The second-order valence-corrected chi connectivity index (χ2v) is 7.35. The van der Waals surface area contributed by atoms with E-state index in [2.05, 4.69) is 15.3 Å². The Morgan fingerprint density at radius 2 is 2.06 bits per heavy atom. The number of oxazole rings is 2. The molecule has 1 aromatic carbocycles. The number of rotatable bonds is 5. The molecule has 1 saturated heterocycles. The molecule has 31 heavy (non-hydrogen) atoms. The van der Waals surface area contributed by atoms with Crippen molar-refractivity contribution < 1.29 is 22.8 Å². The van der Waals surface area contributed by atoms with Gasteiger partial charge in [0.25, 0.3) is 5.89 Å². The van der Waals surface area contributed by atoms with Crippen molar-refractivity contribution in [2.24, 2.45) is 0 Å². The summed E-state index contributed by atoms with van der Waals surface area (Å²) < 4.78 is 16.7. The van der Waals surface area contributed by atoms with E-state index in [9.17, 15) is 9.59 Å². The Kier molecular flexibility index (Phi) is 4.78. The van der Waals surface area contributed by atoms with Gasteiger partial charge in [-0.15, -0.1) is 0 Å². The number of hydrogen-bond donors (Lipinski definition) is 1. The van der Waals surface area contributed by atoms with Crippen molar-refractivity contribution in [1.82, 2.24) is 20.2 Å². The predicted octanol–water partition coefficient (Wildman–Crippen LogP) is 2.50. The van der Waals surface area contributed by atoms with E-state index in [1.54, 1.807) is 24.0 Å². The highest BCUT2D eigenvalue weighted by atomic mass is 16.4. The minimum Gasteiger partial charge on any atom is -0.459 e. The summed E-state index contributed by atoms with van der Waals surface area (Å²) in [7, 11) is 0. The Bertz CT molecular complexity index is 1210. The molecule has 3 aromatic heterocycles. The smallest absolute Gasteiger partial charge is 0.263 e. The van der Waals surface area contributed by atoms with Crippen molar-refractivity contribution in [2.75, 3.05) is 13.1 Å². The number of carbonyl (C=O) groups excluding carboxylic acids is 2. The van der Waals surface area contributed by atoms with Gasteiger partial charge in [0.2, 0.25) is 11.8 Å². The van der Waals surface area contributed by atoms with Crippen LogP contribution in [0.3, 0.4) is 0 Å². The van der Waals surface area contributed by atoms with E-state index in [0.29, 0.717) is 47.7 Å². The molecule has 1 atom stereocenters. The van der Waals surface area contributed by atoms with Crippen molar-refractivity contribution in [2.45, 2.75) is 25.8 Å². The molecule has 1 unspecified atom stereocenters. The Labute approximate surface area is 177 Å². The molecular weight excluding hydrogens is 400 g/mol. The van der Waals surface area contributed by atoms with Crippen molar-refractivity contribution >= 4 is 22.9 Å². The van der Waals surface area contributed by atoms with E-state index in [1.807, 2.05) is 24.3 Å². The van der Waals surface area contributed by atoms with Crippen LogP contribution in [0.5, 0.6) is 0 Å². The van der Waals surface area contributed by atoms with Gasteiger partial charge in [-0.05, 0) is 31.2 Å². The van der Waals surface area contributed by atoms with Gasteiger partial charge >= 0.3 is 0 Å². The number of fused-ring (bicyclic) bond motifs is 1. The van der Waals surface area contributed by atoms with E-state index in [0.717, 1.165) is 5.52 Å². The number of piperazine rings is 1. The third-order valence-electron chi connectivity index (χ3n) is 5.30. The van der Waals surface area contributed by atoms with Gasteiger partial charge in [0.15, 0.2) is 17.2 Å². The predicted molar refractivity (Wildman–Crippen MR) is 109 cm³/mol. The summed E-state index contributed by atoms with van der Waals surface area (Å²) in [6.07, 6.45) is 1.75. The largest absolute Gasteiger partial charge is 0.459 e. The molecule has 4 heterocycles. The number of nitrogens with zero attached hydrogens (tertiary/aromatic N) is 3. The lowest BCUT2D eigenvalue weighted by molar-refractivity contribution is -0.142. The molecule has 1 aliphatic rings.